The van der Waals surface area contributed by atoms with Crippen molar-refractivity contribution in [1.29, 1.82) is 0 Å². The van der Waals surface area contributed by atoms with Gasteiger partial charge in [-0.25, -0.2) is 0 Å². The Balaban J connectivity index is 2.20. The highest BCUT2D eigenvalue weighted by Gasteiger charge is 2.11. The molecular weight excluding hydrogens is 274 g/mol. The number of rotatable bonds is 3. The maximum absolute atomic E-state index is 12.2. The third-order valence-electron chi connectivity index (χ3n) is 2.53. The molecule has 2 aromatic rings. The molecule has 1 heterocycles. The van der Waals surface area contributed by atoms with Crippen LogP contribution in [0.4, 0.5) is 5.13 Å². The SMILES string of the molecule is Cc1ccc(C#CCCO)cc1C(=O)Nc1nncs1. The van der Waals surface area contributed by atoms with E-state index in [1.807, 2.05) is 19.1 Å². The van der Waals surface area contributed by atoms with Gasteiger partial charge < -0.3 is 5.11 Å². The number of benzene rings is 1. The van der Waals surface area contributed by atoms with Gasteiger partial charge in [-0.3, -0.25) is 10.1 Å². The maximum atomic E-state index is 12.2. The molecule has 5 nitrogen and oxygen atoms in total. The van der Waals surface area contributed by atoms with Crippen LogP contribution in [-0.2, 0) is 0 Å². The van der Waals surface area contributed by atoms with E-state index >= 15 is 0 Å². The summed E-state index contributed by atoms with van der Waals surface area (Å²) < 4.78 is 0. The first-order valence-electron chi connectivity index (χ1n) is 5.98. The standard InChI is InChI=1S/C14H13N3O2S/c1-10-5-6-11(4-2-3-7-18)8-12(10)13(19)16-14-17-15-9-20-14/h5-6,8-9,18H,3,7H2,1H3,(H,16,17,19). The number of nitrogens with one attached hydrogen (secondary N) is 1. The Morgan fingerprint density at radius 1 is 1.50 bits per heavy atom. The third kappa shape index (κ3) is 3.63. The molecular formula is C14H13N3O2S. The number of nitrogens with zero attached hydrogens (tertiary/aromatic N) is 2. The molecule has 2 rings (SSSR count). The first-order valence-corrected chi connectivity index (χ1v) is 6.86. The molecule has 0 unspecified atom stereocenters. The first kappa shape index (κ1) is 14.2. The molecule has 1 amide bonds. The second kappa shape index (κ2) is 6.80. The van der Waals surface area contributed by atoms with Crippen LogP contribution in [-0.4, -0.2) is 27.8 Å². The quantitative estimate of drug-likeness (QED) is 0.845. The zero-order valence-electron chi connectivity index (χ0n) is 10.9. The Bertz CT molecular complexity index is 657. The number of amides is 1. The van der Waals surface area contributed by atoms with Crippen molar-refractivity contribution >= 4 is 22.4 Å². The molecule has 0 spiro atoms. The summed E-state index contributed by atoms with van der Waals surface area (Å²) in [6.07, 6.45) is 0.417. The van der Waals surface area contributed by atoms with E-state index < -0.39 is 0 Å². The van der Waals surface area contributed by atoms with Crippen molar-refractivity contribution in [3.05, 3.63) is 40.4 Å². The summed E-state index contributed by atoms with van der Waals surface area (Å²) in [4.78, 5) is 12.2. The molecule has 0 bridgehead atoms. The van der Waals surface area contributed by atoms with Crippen molar-refractivity contribution in [3.8, 4) is 11.8 Å². The molecule has 2 N–H and O–H groups in total. The fourth-order valence-electron chi connectivity index (χ4n) is 1.56. The summed E-state index contributed by atoms with van der Waals surface area (Å²) in [7, 11) is 0. The second-order valence-corrected chi connectivity index (χ2v) is 4.84. The number of aryl methyl sites for hydroxylation is 1. The Morgan fingerprint density at radius 3 is 3.05 bits per heavy atom. The van der Waals surface area contributed by atoms with E-state index in [4.69, 9.17) is 5.11 Å². The average molecular weight is 287 g/mol. The molecule has 0 radical (unpaired) electrons. The molecule has 0 aliphatic carbocycles. The van der Waals surface area contributed by atoms with E-state index in [1.54, 1.807) is 11.6 Å². The summed E-state index contributed by atoms with van der Waals surface area (Å²) in [6, 6.07) is 5.43. The molecule has 0 aliphatic rings. The van der Waals surface area contributed by atoms with Crippen molar-refractivity contribution < 1.29 is 9.90 Å². The predicted molar refractivity (Wildman–Crippen MR) is 77.6 cm³/mol. The van der Waals surface area contributed by atoms with Gasteiger partial charge >= 0.3 is 0 Å². The molecule has 1 aromatic heterocycles. The smallest absolute Gasteiger partial charge is 0.257 e. The van der Waals surface area contributed by atoms with Crippen LogP contribution in [0.3, 0.4) is 0 Å². The molecule has 1 aromatic carbocycles. The lowest BCUT2D eigenvalue weighted by Gasteiger charge is -2.05. The van der Waals surface area contributed by atoms with Gasteiger partial charge in [0.15, 0.2) is 0 Å². The van der Waals surface area contributed by atoms with Crippen LogP contribution in [0.5, 0.6) is 0 Å². The third-order valence-corrected chi connectivity index (χ3v) is 3.14. The fraction of sp³-hybridized carbons (Fsp3) is 0.214. The normalized spacial score (nSPS) is 9.70. The minimum Gasteiger partial charge on any atom is -0.395 e. The second-order valence-electron chi connectivity index (χ2n) is 4.00. The highest BCUT2D eigenvalue weighted by molar-refractivity contribution is 7.13. The van der Waals surface area contributed by atoms with Gasteiger partial charge in [0.05, 0.1) is 6.61 Å². The van der Waals surface area contributed by atoms with Crippen molar-refractivity contribution in [2.75, 3.05) is 11.9 Å². The molecule has 20 heavy (non-hydrogen) atoms. The minimum atomic E-state index is -0.231. The van der Waals surface area contributed by atoms with Gasteiger partial charge in [-0.1, -0.05) is 29.2 Å². The number of carbonyl (C=O) groups excluding carboxylic acids is 1. The molecule has 0 saturated carbocycles. The molecule has 102 valence electrons. The van der Waals surface area contributed by atoms with Crippen molar-refractivity contribution in [3.63, 3.8) is 0 Å². The molecule has 0 saturated heterocycles. The van der Waals surface area contributed by atoms with Crippen LogP contribution < -0.4 is 5.32 Å². The Kier molecular flexibility index (Phi) is 4.82. The van der Waals surface area contributed by atoms with Crippen LogP contribution in [0, 0.1) is 18.8 Å². The van der Waals surface area contributed by atoms with Gasteiger partial charge in [0.2, 0.25) is 5.13 Å². The van der Waals surface area contributed by atoms with Crippen molar-refractivity contribution in [2.45, 2.75) is 13.3 Å². The van der Waals surface area contributed by atoms with Gasteiger partial charge in [0.1, 0.15) is 5.51 Å². The molecule has 0 aliphatic heterocycles. The maximum Gasteiger partial charge on any atom is 0.257 e. The lowest BCUT2D eigenvalue weighted by Crippen LogP contribution is -2.13. The largest absolute Gasteiger partial charge is 0.395 e. The van der Waals surface area contributed by atoms with E-state index in [2.05, 4.69) is 27.4 Å². The number of hydrogen-bond donors (Lipinski definition) is 2. The molecule has 0 atom stereocenters. The summed E-state index contributed by atoms with van der Waals surface area (Å²) in [6.45, 7) is 1.89. The zero-order valence-corrected chi connectivity index (χ0v) is 11.7. The van der Waals surface area contributed by atoms with Crippen LogP contribution in [0.1, 0.15) is 27.9 Å². The lowest BCUT2D eigenvalue weighted by molar-refractivity contribution is 0.102. The number of carbonyl (C=O) groups is 1. The van der Waals surface area contributed by atoms with E-state index in [-0.39, 0.29) is 12.5 Å². The van der Waals surface area contributed by atoms with Crippen LogP contribution >= 0.6 is 11.3 Å². The zero-order chi connectivity index (χ0) is 14.4. The minimum absolute atomic E-state index is 0.0310. The topological polar surface area (TPSA) is 75.1 Å². The van der Waals surface area contributed by atoms with Gasteiger partial charge in [-0.05, 0) is 24.6 Å². The van der Waals surface area contributed by atoms with E-state index in [9.17, 15) is 4.79 Å². The Labute approximate surface area is 120 Å². The fourth-order valence-corrected chi connectivity index (χ4v) is 2.00. The van der Waals surface area contributed by atoms with E-state index in [0.29, 0.717) is 17.1 Å². The predicted octanol–water partition coefficient (Wildman–Crippen LogP) is 1.83. The number of anilines is 1. The van der Waals surface area contributed by atoms with Crippen molar-refractivity contribution in [2.24, 2.45) is 0 Å². The number of aromatic nitrogens is 2. The Hall–Kier alpha value is -2.23. The van der Waals surface area contributed by atoms with Crippen LogP contribution in [0.2, 0.25) is 0 Å². The van der Waals surface area contributed by atoms with E-state index in [0.717, 1.165) is 11.1 Å². The average Bonchev–Trinajstić information content (AvgIpc) is 2.93. The summed E-state index contributed by atoms with van der Waals surface area (Å²) in [5.74, 6) is 5.51. The van der Waals surface area contributed by atoms with Gasteiger partial charge in [-0.2, -0.15) is 0 Å². The monoisotopic (exact) mass is 287 g/mol. The molecule has 6 heteroatoms. The number of aliphatic hydroxyl groups is 1. The molecule has 0 fully saturated rings. The van der Waals surface area contributed by atoms with E-state index in [1.165, 1.54) is 11.3 Å². The Morgan fingerprint density at radius 2 is 2.35 bits per heavy atom. The van der Waals surface area contributed by atoms with Gasteiger partial charge in [0, 0.05) is 17.5 Å². The highest BCUT2D eigenvalue weighted by atomic mass is 32.1. The van der Waals surface area contributed by atoms with Crippen LogP contribution in [0.25, 0.3) is 0 Å². The van der Waals surface area contributed by atoms with Crippen molar-refractivity contribution in [1.82, 2.24) is 10.2 Å². The summed E-state index contributed by atoms with van der Waals surface area (Å²) >= 11 is 1.26. The van der Waals surface area contributed by atoms with Crippen LogP contribution in [0.15, 0.2) is 23.7 Å². The van der Waals surface area contributed by atoms with Gasteiger partial charge in [-0.15, -0.1) is 10.2 Å². The summed E-state index contributed by atoms with van der Waals surface area (Å²) in [5, 5.41) is 19.3. The lowest BCUT2D eigenvalue weighted by atomic mass is 10.0. The summed E-state index contributed by atoms with van der Waals surface area (Å²) in [5.41, 5.74) is 3.71. The highest BCUT2D eigenvalue weighted by Crippen LogP contribution is 2.15. The first-order chi connectivity index (χ1) is 9.70. The number of aliphatic hydroxyl groups excluding tert-OH is 1. The van der Waals surface area contributed by atoms with Gasteiger partial charge in [0.25, 0.3) is 5.91 Å². The number of hydrogen-bond acceptors (Lipinski definition) is 5.